The van der Waals surface area contributed by atoms with Crippen molar-refractivity contribution in [3.05, 3.63) is 112 Å². The first-order valence-electron chi connectivity index (χ1n) is 10.0. The van der Waals surface area contributed by atoms with Crippen LogP contribution in [0.1, 0.15) is 16.7 Å². The normalized spacial score (nSPS) is 10.8. The quantitative estimate of drug-likeness (QED) is 0.366. The van der Waals surface area contributed by atoms with Gasteiger partial charge in [-0.05, 0) is 44.0 Å². The highest BCUT2D eigenvalue weighted by Crippen LogP contribution is 2.22. The van der Waals surface area contributed by atoms with Crippen LogP contribution in [0.4, 0.5) is 0 Å². The number of hydrogen-bond acceptors (Lipinski definition) is 0. The fourth-order valence-electron chi connectivity index (χ4n) is 4.15. The van der Waals surface area contributed by atoms with Crippen molar-refractivity contribution in [3.8, 4) is 11.1 Å². The first-order chi connectivity index (χ1) is 14.0. The molecule has 0 radical (unpaired) electrons. The number of aryl methyl sites for hydroxylation is 3. The fourth-order valence-corrected chi connectivity index (χ4v) is 4.41. The molecule has 0 amide bonds. The van der Waals surface area contributed by atoms with Gasteiger partial charge in [0.15, 0.2) is 0 Å². The van der Waals surface area contributed by atoms with Gasteiger partial charge in [0.05, 0.1) is 0 Å². The van der Waals surface area contributed by atoms with Crippen LogP contribution in [-0.2, 0) is 0 Å². The van der Waals surface area contributed by atoms with Gasteiger partial charge in [-0.15, -0.1) is 0 Å². The van der Waals surface area contributed by atoms with Crippen LogP contribution in [0.5, 0.6) is 0 Å². The minimum atomic E-state index is 0.233. The summed E-state index contributed by atoms with van der Waals surface area (Å²) in [5.74, 6) is 0. The van der Waals surface area contributed by atoms with E-state index >= 15 is 0 Å². The molecule has 0 aliphatic carbocycles. The Balaban J connectivity index is 1.86. The van der Waals surface area contributed by atoms with Gasteiger partial charge in [0, 0.05) is 4.47 Å². The zero-order chi connectivity index (χ0) is 20.4. The van der Waals surface area contributed by atoms with E-state index in [2.05, 4.69) is 128 Å². The Bertz CT molecular complexity index is 1100. The van der Waals surface area contributed by atoms with Crippen molar-refractivity contribution >= 4 is 39.0 Å². The van der Waals surface area contributed by atoms with Gasteiger partial charge in [-0.2, -0.15) is 0 Å². The van der Waals surface area contributed by atoms with Crippen LogP contribution >= 0.6 is 15.9 Å². The van der Waals surface area contributed by atoms with Crippen LogP contribution in [-0.4, -0.2) is 6.71 Å². The zero-order valence-corrected chi connectivity index (χ0v) is 18.7. The number of halogens is 1. The summed E-state index contributed by atoms with van der Waals surface area (Å²) in [5.41, 5.74) is 10.6. The lowest BCUT2D eigenvalue weighted by Crippen LogP contribution is -2.54. The van der Waals surface area contributed by atoms with Crippen LogP contribution in [0.2, 0.25) is 0 Å². The van der Waals surface area contributed by atoms with E-state index < -0.39 is 0 Å². The Kier molecular flexibility index (Phi) is 5.73. The minimum Gasteiger partial charge on any atom is -0.0667 e. The third-order valence-corrected chi connectivity index (χ3v) is 6.29. The smallest absolute Gasteiger partial charge is 0.0667 e. The monoisotopic (exact) mass is 438 g/mol. The molecule has 4 rings (SSSR count). The minimum absolute atomic E-state index is 0.233. The third kappa shape index (κ3) is 4.09. The molecule has 0 spiro atoms. The lowest BCUT2D eigenvalue weighted by molar-refractivity contribution is 1.47. The van der Waals surface area contributed by atoms with Crippen molar-refractivity contribution < 1.29 is 0 Å². The molecule has 0 aromatic heterocycles. The molecular formula is C27H24BBr. The molecule has 0 aliphatic heterocycles. The molecule has 0 aliphatic rings. The van der Waals surface area contributed by atoms with Gasteiger partial charge >= 0.3 is 0 Å². The topological polar surface area (TPSA) is 0 Å². The molecule has 0 bridgehead atoms. The van der Waals surface area contributed by atoms with Crippen molar-refractivity contribution in [2.45, 2.75) is 20.8 Å². The predicted octanol–water partition coefficient (Wildman–Crippen LogP) is 5.56. The van der Waals surface area contributed by atoms with Gasteiger partial charge in [0.25, 0.3) is 0 Å². The van der Waals surface area contributed by atoms with Crippen LogP contribution in [0.3, 0.4) is 0 Å². The van der Waals surface area contributed by atoms with E-state index in [0.717, 1.165) is 4.47 Å². The van der Waals surface area contributed by atoms with Gasteiger partial charge < -0.3 is 0 Å². The third-order valence-electron chi connectivity index (χ3n) is 5.76. The van der Waals surface area contributed by atoms with E-state index in [1.807, 2.05) is 0 Å². The molecule has 29 heavy (non-hydrogen) atoms. The molecule has 0 N–H and O–H groups in total. The molecule has 0 saturated heterocycles. The van der Waals surface area contributed by atoms with E-state index in [1.165, 1.54) is 44.2 Å². The van der Waals surface area contributed by atoms with E-state index in [0.29, 0.717) is 0 Å². The first kappa shape index (κ1) is 19.7. The second kappa shape index (κ2) is 8.43. The fraction of sp³-hybridized carbons (Fsp3) is 0.111. The summed E-state index contributed by atoms with van der Waals surface area (Å²) in [6, 6.07) is 32.9. The van der Waals surface area contributed by atoms with E-state index in [4.69, 9.17) is 0 Å². The average molecular weight is 439 g/mol. The highest BCUT2D eigenvalue weighted by molar-refractivity contribution is 9.10. The average Bonchev–Trinajstić information content (AvgIpc) is 2.72. The summed E-state index contributed by atoms with van der Waals surface area (Å²) >= 11 is 3.53. The zero-order valence-electron chi connectivity index (χ0n) is 17.1. The van der Waals surface area contributed by atoms with E-state index in [-0.39, 0.29) is 6.71 Å². The van der Waals surface area contributed by atoms with Gasteiger partial charge in [0.1, 0.15) is 0 Å². The lowest BCUT2D eigenvalue weighted by Gasteiger charge is -2.22. The predicted molar refractivity (Wildman–Crippen MR) is 131 cm³/mol. The van der Waals surface area contributed by atoms with Crippen molar-refractivity contribution in [3.63, 3.8) is 0 Å². The Hall–Kier alpha value is -2.58. The summed E-state index contributed by atoms with van der Waals surface area (Å²) in [5, 5.41) is 0. The van der Waals surface area contributed by atoms with Gasteiger partial charge in [0.2, 0.25) is 6.71 Å². The molecule has 0 unspecified atom stereocenters. The molecule has 0 heterocycles. The largest absolute Gasteiger partial charge is 0.242 e. The molecule has 2 heteroatoms. The Labute approximate surface area is 182 Å². The van der Waals surface area contributed by atoms with Crippen molar-refractivity contribution in [2.24, 2.45) is 0 Å². The molecule has 4 aromatic rings. The SMILES string of the molecule is Cc1ccccc1B(c1ccccc1C)c1ccc(-c2ccc(Br)cc2)cc1C. The Morgan fingerprint density at radius 3 is 1.52 bits per heavy atom. The second-order valence-electron chi connectivity index (χ2n) is 7.72. The molecular weight excluding hydrogens is 415 g/mol. The summed E-state index contributed by atoms with van der Waals surface area (Å²) in [4.78, 5) is 0. The van der Waals surface area contributed by atoms with Crippen LogP contribution in [0.15, 0.2) is 95.5 Å². The standard InChI is InChI=1S/C27H24BBr/c1-19-8-4-6-10-25(19)28(26-11-7-5-9-20(26)2)27-17-14-23(18-21(27)3)22-12-15-24(29)16-13-22/h4-18H,1-3H3. The summed E-state index contributed by atoms with van der Waals surface area (Å²) < 4.78 is 1.11. The molecule has 0 nitrogen and oxygen atoms in total. The molecule has 142 valence electrons. The van der Waals surface area contributed by atoms with Gasteiger partial charge in [-0.1, -0.05) is 128 Å². The van der Waals surface area contributed by atoms with E-state index in [9.17, 15) is 0 Å². The molecule has 0 atom stereocenters. The maximum absolute atomic E-state index is 3.53. The maximum Gasteiger partial charge on any atom is 0.242 e. The van der Waals surface area contributed by atoms with Crippen LogP contribution < -0.4 is 16.4 Å². The van der Waals surface area contributed by atoms with Gasteiger partial charge in [-0.25, -0.2) is 0 Å². The highest BCUT2D eigenvalue weighted by Gasteiger charge is 2.26. The summed E-state index contributed by atoms with van der Waals surface area (Å²) in [6.07, 6.45) is 0. The van der Waals surface area contributed by atoms with Crippen LogP contribution in [0, 0.1) is 20.8 Å². The second-order valence-corrected chi connectivity index (χ2v) is 8.64. The van der Waals surface area contributed by atoms with Crippen molar-refractivity contribution in [2.75, 3.05) is 0 Å². The Morgan fingerprint density at radius 2 is 1.00 bits per heavy atom. The maximum atomic E-state index is 3.53. The van der Waals surface area contributed by atoms with Gasteiger partial charge in [-0.3, -0.25) is 0 Å². The van der Waals surface area contributed by atoms with E-state index in [1.54, 1.807) is 0 Å². The number of hydrogen-bond donors (Lipinski definition) is 0. The van der Waals surface area contributed by atoms with Crippen molar-refractivity contribution in [1.29, 1.82) is 0 Å². The number of rotatable bonds is 4. The molecule has 0 fully saturated rings. The van der Waals surface area contributed by atoms with Crippen LogP contribution in [0.25, 0.3) is 11.1 Å². The lowest BCUT2D eigenvalue weighted by atomic mass is 9.35. The summed E-state index contributed by atoms with van der Waals surface area (Å²) in [7, 11) is 0. The Morgan fingerprint density at radius 1 is 0.517 bits per heavy atom. The molecule has 4 aromatic carbocycles. The van der Waals surface area contributed by atoms with Crippen molar-refractivity contribution in [1.82, 2.24) is 0 Å². The summed E-state index contributed by atoms with van der Waals surface area (Å²) in [6.45, 7) is 6.90. The first-order valence-corrected chi connectivity index (χ1v) is 10.8. The molecule has 0 saturated carbocycles. The highest BCUT2D eigenvalue weighted by atomic mass is 79.9. The number of benzene rings is 4.